The highest BCUT2D eigenvalue weighted by molar-refractivity contribution is 5.78. The summed E-state index contributed by atoms with van der Waals surface area (Å²) in [7, 11) is 0. The predicted octanol–water partition coefficient (Wildman–Crippen LogP) is 2.61. The molecule has 1 fully saturated rings. The lowest BCUT2D eigenvalue weighted by atomic mass is 10.0. The molecule has 0 amide bonds. The Morgan fingerprint density at radius 3 is 3.08 bits per heavy atom. The molecular weight excluding hydrogens is 160 g/mol. The second kappa shape index (κ2) is 2.13. The van der Waals surface area contributed by atoms with Crippen LogP contribution in [-0.4, -0.2) is 9.97 Å². The van der Waals surface area contributed by atoms with E-state index < -0.39 is 0 Å². The monoisotopic (exact) mass is 172 g/mol. The van der Waals surface area contributed by atoms with Crippen LogP contribution in [0.5, 0.6) is 0 Å². The molecule has 0 atom stereocenters. The van der Waals surface area contributed by atoms with Crippen molar-refractivity contribution in [1.82, 2.24) is 9.97 Å². The Balaban J connectivity index is 2.20. The van der Waals surface area contributed by atoms with E-state index in [4.69, 9.17) is 0 Å². The zero-order valence-electron chi connectivity index (χ0n) is 7.67. The van der Waals surface area contributed by atoms with Crippen LogP contribution in [0.25, 0.3) is 10.9 Å². The van der Waals surface area contributed by atoms with Crippen molar-refractivity contribution in [3.63, 3.8) is 0 Å². The maximum absolute atomic E-state index is 4.48. The van der Waals surface area contributed by atoms with Gasteiger partial charge in [0.2, 0.25) is 0 Å². The molecule has 0 spiro atoms. The minimum atomic E-state index is 0.380. The maximum Gasteiger partial charge on any atom is 0.0640 e. The average Bonchev–Trinajstić information content (AvgIpc) is 2.74. The SMILES string of the molecule is CC1(c2cc3cc[nH]c3cn2)CC1. The quantitative estimate of drug-likeness (QED) is 0.703. The van der Waals surface area contributed by atoms with Gasteiger partial charge in [-0.2, -0.15) is 0 Å². The molecule has 66 valence electrons. The summed E-state index contributed by atoms with van der Waals surface area (Å²) in [5.74, 6) is 0. The van der Waals surface area contributed by atoms with Crippen molar-refractivity contribution in [2.45, 2.75) is 25.2 Å². The first kappa shape index (κ1) is 7.13. The fourth-order valence-corrected chi connectivity index (χ4v) is 1.72. The molecule has 0 aromatic carbocycles. The van der Waals surface area contributed by atoms with Gasteiger partial charge in [-0.05, 0) is 25.0 Å². The van der Waals surface area contributed by atoms with Crippen LogP contribution in [0.1, 0.15) is 25.5 Å². The van der Waals surface area contributed by atoms with E-state index in [0.717, 1.165) is 5.52 Å². The van der Waals surface area contributed by atoms with Gasteiger partial charge in [0.25, 0.3) is 0 Å². The lowest BCUT2D eigenvalue weighted by molar-refractivity contribution is 0.753. The van der Waals surface area contributed by atoms with Crippen molar-refractivity contribution in [1.29, 1.82) is 0 Å². The minimum Gasteiger partial charge on any atom is -0.360 e. The third kappa shape index (κ3) is 0.981. The first-order valence-corrected chi connectivity index (χ1v) is 4.72. The van der Waals surface area contributed by atoms with Gasteiger partial charge in [-0.3, -0.25) is 4.98 Å². The molecule has 0 aliphatic heterocycles. The van der Waals surface area contributed by atoms with Crippen LogP contribution >= 0.6 is 0 Å². The van der Waals surface area contributed by atoms with Crippen LogP contribution in [0.3, 0.4) is 0 Å². The van der Waals surface area contributed by atoms with Crippen molar-refractivity contribution in [2.24, 2.45) is 0 Å². The molecule has 1 saturated carbocycles. The van der Waals surface area contributed by atoms with Gasteiger partial charge < -0.3 is 4.98 Å². The molecule has 13 heavy (non-hydrogen) atoms. The van der Waals surface area contributed by atoms with Gasteiger partial charge in [0, 0.05) is 22.7 Å². The van der Waals surface area contributed by atoms with Gasteiger partial charge in [-0.15, -0.1) is 0 Å². The third-order valence-electron chi connectivity index (χ3n) is 3.06. The van der Waals surface area contributed by atoms with E-state index >= 15 is 0 Å². The number of hydrogen-bond acceptors (Lipinski definition) is 1. The second-order valence-electron chi connectivity index (χ2n) is 4.20. The number of nitrogens with one attached hydrogen (secondary N) is 1. The van der Waals surface area contributed by atoms with E-state index in [1.54, 1.807) is 0 Å². The van der Waals surface area contributed by atoms with Crippen LogP contribution in [0, 0.1) is 0 Å². The molecule has 0 bridgehead atoms. The molecule has 2 aromatic heterocycles. The first-order valence-electron chi connectivity index (χ1n) is 4.72. The normalized spacial score (nSPS) is 19.2. The van der Waals surface area contributed by atoms with Crippen LogP contribution in [0.4, 0.5) is 0 Å². The molecule has 3 rings (SSSR count). The molecule has 1 aliphatic rings. The Hall–Kier alpha value is -1.31. The molecule has 0 unspecified atom stereocenters. The standard InChI is InChI=1S/C11H12N2/c1-11(3-4-11)10-6-8-2-5-12-9(8)7-13-10/h2,5-7,12H,3-4H2,1H3. The fraction of sp³-hybridized carbons (Fsp3) is 0.364. The van der Waals surface area contributed by atoms with Gasteiger partial charge in [0.1, 0.15) is 0 Å². The number of fused-ring (bicyclic) bond motifs is 1. The van der Waals surface area contributed by atoms with Gasteiger partial charge in [-0.25, -0.2) is 0 Å². The zero-order valence-corrected chi connectivity index (χ0v) is 7.67. The molecule has 0 saturated heterocycles. The van der Waals surface area contributed by atoms with Crippen molar-refractivity contribution in [3.05, 3.63) is 30.2 Å². The van der Waals surface area contributed by atoms with Gasteiger partial charge in [0.05, 0.1) is 11.7 Å². The molecule has 2 heterocycles. The van der Waals surface area contributed by atoms with Gasteiger partial charge in [-0.1, -0.05) is 6.92 Å². The average molecular weight is 172 g/mol. The summed E-state index contributed by atoms with van der Waals surface area (Å²) < 4.78 is 0. The van der Waals surface area contributed by atoms with Crippen molar-refractivity contribution >= 4 is 10.9 Å². The van der Waals surface area contributed by atoms with Gasteiger partial charge in [0.15, 0.2) is 0 Å². The van der Waals surface area contributed by atoms with E-state index in [1.165, 1.54) is 23.9 Å². The molecule has 2 nitrogen and oxygen atoms in total. The Morgan fingerprint density at radius 1 is 1.46 bits per heavy atom. The Bertz CT molecular complexity index is 452. The van der Waals surface area contributed by atoms with Crippen LogP contribution in [-0.2, 0) is 5.41 Å². The Kier molecular flexibility index (Phi) is 1.17. The Labute approximate surface area is 77.0 Å². The zero-order chi connectivity index (χ0) is 8.89. The predicted molar refractivity (Wildman–Crippen MR) is 52.7 cm³/mol. The molecule has 2 aromatic rings. The van der Waals surface area contributed by atoms with E-state index in [-0.39, 0.29) is 0 Å². The summed E-state index contributed by atoms with van der Waals surface area (Å²) >= 11 is 0. The molecule has 1 aliphatic carbocycles. The number of aromatic amines is 1. The summed E-state index contributed by atoms with van der Waals surface area (Å²) in [6.07, 6.45) is 6.48. The number of hydrogen-bond donors (Lipinski definition) is 1. The third-order valence-corrected chi connectivity index (χ3v) is 3.06. The molecular formula is C11H12N2. The molecule has 2 heteroatoms. The maximum atomic E-state index is 4.48. The number of aromatic nitrogens is 2. The number of pyridine rings is 1. The smallest absolute Gasteiger partial charge is 0.0640 e. The fourth-order valence-electron chi connectivity index (χ4n) is 1.72. The second-order valence-corrected chi connectivity index (χ2v) is 4.20. The topological polar surface area (TPSA) is 28.7 Å². The summed E-state index contributed by atoms with van der Waals surface area (Å²) in [5.41, 5.74) is 2.76. The van der Waals surface area contributed by atoms with E-state index in [2.05, 4.69) is 29.0 Å². The molecule has 0 radical (unpaired) electrons. The van der Waals surface area contributed by atoms with E-state index in [1.807, 2.05) is 12.4 Å². The number of nitrogens with zero attached hydrogens (tertiary/aromatic N) is 1. The highest BCUT2D eigenvalue weighted by Crippen LogP contribution is 2.46. The van der Waals surface area contributed by atoms with Gasteiger partial charge >= 0.3 is 0 Å². The van der Waals surface area contributed by atoms with Crippen LogP contribution in [0.15, 0.2) is 24.5 Å². The van der Waals surface area contributed by atoms with Crippen molar-refractivity contribution < 1.29 is 0 Å². The Morgan fingerprint density at radius 2 is 2.31 bits per heavy atom. The van der Waals surface area contributed by atoms with E-state index in [0.29, 0.717) is 5.41 Å². The van der Waals surface area contributed by atoms with Crippen molar-refractivity contribution in [3.8, 4) is 0 Å². The van der Waals surface area contributed by atoms with Crippen molar-refractivity contribution in [2.75, 3.05) is 0 Å². The summed E-state index contributed by atoms with van der Waals surface area (Å²) in [6, 6.07) is 4.31. The van der Waals surface area contributed by atoms with E-state index in [9.17, 15) is 0 Å². The minimum absolute atomic E-state index is 0.380. The molecule has 1 N–H and O–H groups in total. The summed E-state index contributed by atoms with van der Waals surface area (Å²) in [6.45, 7) is 2.29. The lowest BCUT2D eigenvalue weighted by Crippen LogP contribution is -2.01. The highest BCUT2D eigenvalue weighted by atomic mass is 14.8. The number of H-pyrrole nitrogens is 1. The number of rotatable bonds is 1. The lowest BCUT2D eigenvalue weighted by Gasteiger charge is -2.06. The summed E-state index contributed by atoms with van der Waals surface area (Å²) in [5, 5.41) is 1.28. The highest BCUT2D eigenvalue weighted by Gasteiger charge is 2.40. The first-order chi connectivity index (χ1) is 6.28. The largest absolute Gasteiger partial charge is 0.360 e. The van der Waals surface area contributed by atoms with Crippen LogP contribution < -0.4 is 0 Å². The summed E-state index contributed by atoms with van der Waals surface area (Å²) in [4.78, 5) is 7.64. The van der Waals surface area contributed by atoms with Crippen LogP contribution in [0.2, 0.25) is 0 Å².